The van der Waals surface area contributed by atoms with Gasteiger partial charge in [0.15, 0.2) is 0 Å². The van der Waals surface area contributed by atoms with Crippen molar-refractivity contribution in [2.45, 2.75) is 53.2 Å². The summed E-state index contributed by atoms with van der Waals surface area (Å²) >= 11 is 0. The Morgan fingerprint density at radius 2 is 1.42 bits per heavy atom. The molecule has 0 saturated carbocycles. The van der Waals surface area contributed by atoms with Crippen LogP contribution in [0.4, 0.5) is 4.79 Å². The van der Waals surface area contributed by atoms with Crippen LogP contribution >= 0.6 is 0 Å². The third kappa shape index (κ3) is 6.45. The van der Waals surface area contributed by atoms with Crippen molar-refractivity contribution in [2.24, 2.45) is 0 Å². The molecule has 0 fully saturated rings. The second-order valence-corrected chi connectivity index (χ2v) is 6.36. The van der Waals surface area contributed by atoms with Gasteiger partial charge in [-0.2, -0.15) is 0 Å². The highest BCUT2D eigenvalue weighted by Crippen LogP contribution is 2.22. The third-order valence-electron chi connectivity index (χ3n) is 3.25. The molecular weight excluding hydrogens is 298 g/mol. The summed E-state index contributed by atoms with van der Waals surface area (Å²) in [5.74, 6) is 0. The summed E-state index contributed by atoms with van der Waals surface area (Å²) in [7, 11) is 0. The number of hydrogen-bond acceptors (Lipinski definition) is 2. The Labute approximate surface area is 146 Å². The van der Waals surface area contributed by atoms with E-state index in [1.165, 1.54) is 5.56 Å². The zero-order valence-corrected chi connectivity index (χ0v) is 15.6. The number of benzene rings is 2. The summed E-state index contributed by atoms with van der Waals surface area (Å²) in [4.78, 5) is 11.8. The molecule has 2 aromatic carbocycles. The summed E-state index contributed by atoms with van der Waals surface area (Å²) < 4.78 is 5.27. The van der Waals surface area contributed by atoms with Crippen LogP contribution in [0.2, 0.25) is 0 Å². The quantitative estimate of drug-likeness (QED) is 0.754. The van der Waals surface area contributed by atoms with Gasteiger partial charge in [-0.15, -0.1) is 0 Å². The number of hydrogen-bond donors (Lipinski definition) is 1. The molecule has 0 aliphatic rings. The minimum Gasteiger partial charge on any atom is -0.444 e. The average Bonchev–Trinajstić information content (AvgIpc) is 2.56. The highest BCUT2D eigenvalue weighted by atomic mass is 16.6. The van der Waals surface area contributed by atoms with Crippen molar-refractivity contribution >= 4 is 6.09 Å². The minimum atomic E-state index is -0.485. The first-order chi connectivity index (χ1) is 11.3. The van der Waals surface area contributed by atoms with E-state index >= 15 is 0 Å². The van der Waals surface area contributed by atoms with Crippen LogP contribution in [-0.2, 0) is 4.74 Å². The van der Waals surface area contributed by atoms with Crippen LogP contribution in [0.1, 0.15) is 53.1 Å². The maximum atomic E-state index is 11.8. The van der Waals surface area contributed by atoms with E-state index in [0.29, 0.717) is 0 Å². The second-order valence-electron chi connectivity index (χ2n) is 6.36. The highest BCUT2D eigenvalue weighted by Gasteiger charge is 2.18. The largest absolute Gasteiger partial charge is 0.444 e. The van der Waals surface area contributed by atoms with Gasteiger partial charge in [-0.05, 0) is 44.4 Å². The average molecular weight is 327 g/mol. The SMILES string of the molecule is CC.CC(NC(=O)OC(C)(C)C)c1ccc(-c2ccccc2)cc1. The molecule has 0 aromatic heterocycles. The topological polar surface area (TPSA) is 38.3 Å². The standard InChI is InChI=1S/C19H23NO2.C2H6/c1-14(20-18(21)22-19(2,3)4)15-10-12-17(13-11-15)16-8-6-5-7-9-16;1-2/h5-14H,1-4H3,(H,20,21);1-2H3. The van der Waals surface area contributed by atoms with E-state index in [4.69, 9.17) is 4.74 Å². The van der Waals surface area contributed by atoms with Crippen molar-refractivity contribution in [3.63, 3.8) is 0 Å². The van der Waals surface area contributed by atoms with Crippen molar-refractivity contribution < 1.29 is 9.53 Å². The van der Waals surface area contributed by atoms with Gasteiger partial charge in [0.1, 0.15) is 5.60 Å². The molecule has 1 amide bonds. The van der Waals surface area contributed by atoms with Crippen LogP contribution < -0.4 is 5.32 Å². The van der Waals surface area contributed by atoms with Gasteiger partial charge in [-0.3, -0.25) is 0 Å². The molecule has 3 heteroatoms. The lowest BCUT2D eigenvalue weighted by atomic mass is 10.0. The lowest BCUT2D eigenvalue weighted by Crippen LogP contribution is -2.34. The monoisotopic (exact) mass is 327 g/mol. The first kappa shape index (κ1) is 19.8. The Balaban J connectivity index is 0.00000139. The molecule has 1 atom stereocenters. The summed E-state index contributed by atoms with van der Waals surface area (Å²) in [6.07, 6.45) is -0.396. The normalized spacial score (nSPS) is 11.8. The van der Waals surface area contributed by atoms with E-state index in [-0.39, 0.29) is 6.04 Å². The highest BCUT2D eigenvalue weighted by molar-refractivity contribution is 5.68. The van der Waals surface area contributed by atoms with Crippen molar-refractivity contribution in [1.82, 2.24) is 5.32 Å². The minimum absolute atomic E-state index is 0.0975. The Morgan fingerprint density at radius 3 is 1.92 bits per heavy atom. The smallest absolute Gasteiger partial charge is 0.408 e. The van der Waals surface area contributed by atoms with Gasteiger partial charge in [0.05, 0.1) is 6.04 Å². The fourth-order valence-electron chi connectivity index (χ4n) is 2.16. The number of alkyl carbamates (subject to hydrolysis) is 1. The van der Waals surface area contributed by atoms with Crippen LogP contribution in [0.5, 0.6) is 0 Å². The van der Waals surface area contributed by atoms with Gasteiger partial charge in [0.2, 0.25) is 0 Å². The van der Waals surface area contributed by atoms with Crippen molar-refractivity contribution in [1.29, 1.82) is 0 Å². The Bertz CT molecular complexity index is 613. The molecular formula is C21H29NO2. The lowest BCUT2D eigenvalue weighted by molar-refractivity contribution is 0.0508. The van der Waals surface area contributed by atoms with Crippen molar-refractivity contribution in [3.8, 4) is 11.1 Å². The van der Waals surface area contributed by atoms with Gasteiger partial charge in [-0.1, -0.05) is 68.4 Å². The molecule has 3 nitrogen and oxygen atoms in total. The maximum absolute atomic E-state index is 11.8. The van der Waals surface area contributed by atoms with Crippen LogP contribution in [0, 0.1) is 0 Å². The van der Waals surface area contributed by atoms with Crippen LogP contribution in [0.3, 0.4) is 0 Å². The first-order valence-electron chi connectivity index (χ1n) is 8.50. The summed E-state index contributed by atoms with van der Waals surface area (Å²) in [6, 6.07) is 18.3. The van der Waals surface area contributed by atoms with E-state index < -0.39 is 11.7 Å². The zero-order chi connectivity index (χ0) is 18.2. The van der Waals surface area contributed by atoms with Crippen molar-refractivity contribution in [2.75, 3.05) is 0 Å². The van der Waals surface area contributed by atoms with Crippen LogP contribution in [0.25, 0.3) is 11.1 Å². The van der Waals surface area contributed by atoms with E-state index in [1.807, 2.05) is 71.9 Å². The molecule has 1 unspecified atom stereocenters. The molecule has 130 valence electrons. The van der Waals surface area contributed by atoms with Gasteiger partial charge in [-0.25, -0.2) is 4.79 Å². The molecule has 0 radical (unpaired) electrons. The van der Waals surface area contributed by atoms with Crippen LogP contribution in [0.15, 0.2) is 54.6 Å². The lowest BCUT2D eigenvalue weighted by Gasteiger charge is -2.22. The molecule has 0 saturated heterocycles. The predicted octanol–water partition coefficient (Wildman–Crippen LogP) is 5.97. The first-order valence-corrected chi connectivity index (χ1v) is 8.50. The van der Waals surface area contributed by atoms with E-state index in [2.05, 4.69) is 29.6 Å². The molecule has 0 spiro atoms. The number of amides is 1. The maximum Gasteiger partial charge on any atom is 0.408 e. The van der Waals surface area contributed by atoms with Crippen molar-refractivity contribution in [3.05, 3.63) is 60.2 Å². The number of ether oxygens (including phenoxy) is 1. The van der Waals surface area contributed by atoms with E-state index in [9.17, 15) is 4.79 Å². The Kier molecular flexibility index (Phi) is 7.50. The zero-order valence-electron chi connectivity index (χ0n) is 15.6. The molecule has 0 aliphatic heterocycles. The summed E-state index contributed by atoms with van der Waals surface area (Å²) in [5, 5.41) is 2.85. The number of nitrogens with one attached hydrogen (secondary N) is 1. The van der Waals surface area contributed by atoms with Gasteiger partial charge < -0.3 is 10.1 Å². The third-order valence-corrected chi connectivity index (χ3v) is 3.25. The molecule has 2 aromatic rings. The van der Waals surface area contributed by atoms with Gasteiger partial charge in [0, 0.05) is 0 Å². The number of rotatable bonds is 3. The summed E-state index contributed by atoms with van der Waals surface area (Å²) in [5.41, 5.74) is 2.90. The second kappa shape index (κ2) is 9.11. The molecule has 0 heterocycles. The van der Waals surface area contributed by atoms with Crippen LogP contribution in [-0.4, -0.2) is 11.7 Å². The molecule has 0 bridgehead atoms. The molecule has 2 rings (SSSR count). The van der Waals surface area contributed by atoms with E-state index in [1.54, 1.807) is 0 Å². The van der Waals surface area contributed by atoms with Gasteiger partial charge in [0.25, 0.3) is 0 Å². The number of carbonyl (C=O) groups is 1. The Morgan fingerprint density at radius 1 is 0.917 bits per heavy atom. The summed E-state index contributed by atoms with van der Waals surface area (Å²) in [6.45, 7) is 11.5. The predicted molar refractivity (Wildman–Crippen MR) is 101 cm³/mol. The Hall–Kier alpha value is -2.29. The fraction of sp³-hybridized carbons (Fsp3) is 0.381. The number of carbonyl (C=O) groups excluding carboxylic acids is 1. The molecule has 24 heavy (non-hydrogen) atoms. The fourth-order valence-corrected chi connectivity index (χ4v) is 2.16. The molecule has 0 aliphatic carbocycles. The van der Waals surface area contributed by atoms with Gasteiger partial charge >= 0.3 is 6.09 Å². The van der Waals surface area contributed by atoms with E-state index in [0.717, 1.165) is 11.1 Å². The molecule has 1 N–H and O–H groups in total.